The Morgan fingerprint density at radius 2 is 1.15 bits per heavy atom. The van der Waals surface area contributed by atoms with Crippen molar-refractivity contribution in [1.82, 2.24) is 31.9 Å². The monoisotopic (exact) mass is 779 g/mol. The molecule has 0 aromatic carbocycles. The Kier molecular flexibility index (Phi) is 22.5. The van der Waals surface area contributed by atoms with E-state index in [1.807, 2.05) is 0 Å². The summed E-state index contributed by atoms with van der Waals surface area (Å²) >= 11 is 3.88. The minimum atomic E-state index is -1.79. The number of carbonyl (C=O) groups is 9. The van der Waals surface area contributed by atoms with Crippen LogP contribution >= 0.6 is 12.6 Å². The van der Waals surface area contributed by atoms with Gasteiger partial charge in [0.2, 0.25) is 41.4 Å². The van der Waals surface area contributed by atoms with Gasteiger partial charge in [-0.15, -0.1) is 0 Å². The van der Waals surface area contributed by atoms with Gasteiger partial charge in [0.15, 0.2) is 0 Å². The van der Waals surface area contributed by atoms with Crippen LogP contribution in [0.4, 0.5) is 0 Å². The van der Waals surface area contributed by atoms with Gasteiger partial charge in [-0.2, -0.15) is 12.6 Å². The minimum absolute atomic E-state index is 0.00853. The number of primary amides is 1. The molecule has 0 saturated heterocycles. The molecule has 23 heteroatoms. The summed E-state index contributed by atoms with van der Waals surface area (Å²) in [5, 5.41) is 52.1. The average Bonchev–Trinajstić information content (AvgIpc) is 3.07. The van der Waals surface area contributed by atoms with E-state index in [0.717, 1.165) is 6.92 Å². The average molecular weight is 780 g/mol. The molecular weight excluding hydrogens is 726 g/mol. The molecule has 53 heavy (non-hydrogen) atoms. The van der Waals surface area contributed by atoms with E-state index < -0.39 is 133 Å². The van der Waals surface area contributed by atoms with Gasteiger partial charge in [0.1, 0.15) is 36.3 Å². The van der Waals surface area contributed by atoms with Crippen molar-refractivity contribution in [2.45, 2.75) is 108 Å². The Morgan fingerprint density at radius 3 is 1.62 bits per heavy atom. The summed E-state index contributed by atoms with van der Waals surface area (Å²) in [7, 11) is 0. The lowest BCUT2D eigenvalue weighted by Gasteiger charge is -2.29. The van der Waals surface area contributed by atoms with E-state index >= 15 is 0 Å². The molecular formula is C30H53N9O13S. The van der Waals surface area contributed by atoms with Crippen molar-refractivity contribution < 1.29 is 63.6 Å². The molecule has 0 aromatic heterocycles. The first-order chi connectivity index (χ1) is 24.7. The molecule has 8 atom stereocenters. The highest BCUT2D eigenvalue weighted by Crippen LogP contribution is 2.09. The van der Waals surface area contributed by atoms with E-state index in [1.54, 1.807) is 0 Å². The van der Waals surface area contributed by atoms with Crippen molar-refractivity contribution in [3.63, 3.8) is 0 Å². The second-order valence-electron chi connectivity index (χ2n) is 12.4. The number of carboxylic acids is 2. The number of carbonyl (C=O) groups excluding carboxylic acids is 7. The molecule has 16 N–H and O–H groups in total. The van der Waals surface area contributed by atoms with Crippen molar-refractivity contribution in [3.8, 4) is 0 Å². The zero-order chi connectivity index (χ0) is 41.0. The smallest absolute Gasteiger partial charge is 0.326 e. The van der Waals surface area contributed by atoms with Gasteiger partial charge in [-0.3, -0.25) is 38.4 Å². The standard InChI is InChI=1S/C30H53N9O13S/c1-13(2)22(28(49)34-16(6-4-5-9-31)25(46)35-17(30(51)52)7-8-21(43)44)38-29(50)23(14(3)41)39-27(48)19(11-40)37-26(47)18(10-20(33)42)36-24(45)15(32)12-53/h13-19,22-23,40-41,53H,4-12,31-32H2,1-3H3,(H2,33,42)(H,34,49)(H,35,46)(H,36,45)(H,37,47)(H,38,50)(H,39,48)(H,43,44)(H,51,52). The van der Waals surface area contributed by atoms with Crippen molar-refractivity contribution in [3.05, 3.63) is 0 Å². The fourth-order valence-corrected chi connectivity index (χ4v) is 4.66. The number of unbranched alkanes of at least 4 members (excludes halogenated alkanes) is 1. The first-order valence-corrected chi connectivity index (χ1v) is 17.2. The third kappa shape index (κ3) is 18.1. The van der Waals surface area contributed by atoms with E-state index in [4.69, 9.17) is 22.3 Å². The molecule has 22 nitrogen and oxygen atoms in total. The van der Waals surface area contributed by atoms with Crippen LogP contribution in [0.5, 0.6) is 0 Å². The number of thiol groups is 1. The number of aliphatic hydroxyl groups is 2. The fourth-order valence-electron chi connectivity index (χ4n) is 4.50. The third-order valence-electron chi connectivity index (χ3n) is 7.54. The van der Waals surface area contributed by atoms with Crippen LogP contribution in [-0.2, 0) is 43.2 Å². The first-order valence-electron chi connectivity index (χ1n) is 16.6. The third-order valence-corrected chi connectivity index (χ3v) is 7.93. The molecule has 0 aliphatic carbocycles. The highest BCUT2D eigenvalue weighted by atomic mass is 32.1. The number of hydrogen-bond donors (Lipinski definition) is 14. The molecule has 0 rings (SSSR count). The minimum Gasteiger partial charge on any atom is -0.481 e. The molecule has 0 aromatic rings. The van der Waals surface area contributed by atoms with E-state index in [2.05, 4.69) is 44.5 Å². The Morgan fingerprint density at radius 1 is 0.660 bits per heavy atom. The summed E-state index contributed by atoms with van der Waals surface area (Å²) in [6, 6.07) is -10.7. The summed E-state index contributed by atoms with van der Waals surface area (Å²) in [5.41, 5.74) is 16.3. The predicted octanol–water partition coefficient (Wildman–Crippen LogP) is -5.86. The van der Waals surface area contributed by atoms with Gasteiger partial charge in [0, 0.05) is 12.2 Å². The predicted molar refractivity (Wildman–Crippen MR) is 188 cm³/mol. The van der Waals surface area contributed by atoms with Crippen LogP contribution in [0.15, 0.2) is 0 Å². The first kappa shape index (κ1) is 48.4. The van der Waals surface area contributed by atoms with Crippen LogP contribution in [0.3, 0.4) is 0 Å². The van der Waals surface area contributed by atoms with Crippen LogP contribution in [0.1, 0.15) is 59.3 Å². The molecule has 0 radical (unpaired) electrons. The van der Waals surface area contributed by atoms with Gasteiger partial charge in [-0.1, -0.05) is 13.8 Å². The van der Waals surface area contributed by atoms with Gasteiger partial charge in [-0.25, -0.2) is 4.79 Å². The quantitative estimate of drug-likeness (QED) is 0.0287. The molecule has 7 amide bonds. The molecule has 0 heterocycles. The molecule has 0 spiro atoms. The number of aliphatic hydroxyl groups excluding tert-OH is 2. The van der Waals surface area contributed by atoms with Crippen LogP contribution in [0.2, 0.25) is 0 Å². The highest BCUT2D eigenvalue weighted by molar-refractivity contribution is 7.80. The van der Waals surface area contributed by atoms with Gasteiger partial charge in [0.25, 0.3) is 0 Å². The summed E-state index contributed by atoms with van der Waals surface area (Å²) in [6.07, 6.45) is -2.59. The molecule has 302 valence electrons. The lowest BCUT2D eigenvalue weighted by molar-refractivity contribution is -0.143. The van der Waals surface area contributed by atoms with Crippen molar-refractivity contribution in [2.24, 2.45) is 23.1 Å². The number of aliphatic carboxylic acids is 2. The Labute approximate surface area is 310 Å². The summed E-state index contributed by atoms with van der Waals surface area (Å²) in [5.74, 6) is -10.7. The van der Waals surface area contributed by atoms with E-state index in [0.29, 0.717) is 12.8 Å². The van der Waals surface area contributed by atoms with Crippen molar-refractivity contribution >= 4 is 65.9 Å². The van der Waals surface area contributed by atoms with Gasteiger partial charge < -0.3 is 69.5 Å². The normalized spacial score (nSPS) is 15.6. The zero-order valence-corrected chi connectivity index (χ0v) is 30.6. The van der Waals surface area contributed by atoms with Crippen LogP contribution in [0, 0.1) is 5.92 Å². The summed E-state index contributed by atoms with van der Waals surface area (Å²) < 4.78 is 0. The lowest BCUT2D eigenvalue weighted by Crippen LogP contribution is -2.63. The summed E-state index contributed by atoms with van der Waals surface area (Å²) in [6.45, 7) is 3.36. The Balaban J connectivity index is 5.99. The zero-order valence-electron chi connectivity index (χ0n) is 29.7. The number of nitrogens with one attached hydrogen (secondary N) is 6. The van der Waals surface area contributed by atoms with Crippen molar-refractivity contribution in [2.75, 3.05) is 18.9 Å². The fraction of sp³-hybridized carbons (Fsp3) is 0.700. The number of rotatable bonds is 26. The maximum absolute atomic E-state index is 13.4. The summed E-state index contributed by atoms with van der Waals surface area (Å²) in [4.78, 5) is 112. The molecule has 0 aliphatic heterocycles. The SMILES string of the molecule is CC(C)C(NC(=O)C(NC(=O)C(CO)NC(=O)C(CC(N)=O)NC(=O)C(N)CS)C(C)O)C(=O)NC(CCCCN)C(=O)NC(CCC(=O)O)C(=O)O. The van der Waals surface area contributed by atoms with Crippen molar-refractivity contribution in [1.29, 1.82) is 0 Å². The van der Waals surface area contributed by atoms with Crippen LogP contribution in [0.25, 0.3) is 0 Å². The van der Waals surface area contributed by atoms with Gasteiger partial charge in [-0.05, 0) is 45.1 Å². The van der Waals surface area contributed by atoms with Gasteiger partial charge in [0.05, 0.1) is 25.2 Å². The second kappa shape index (κ2) is 24.6. The maximum Gasteiger partial charge on any atom is 0.326 e. The number of amides is 7. The molecule has 0 bridgehead atoms. The van der Waals surface area contributed by atoms with E-state index in [1.165, 1.54) is 13.8 Å². The lowest BCUT2D eigenvalue weighted by atomic mass is 10.0. The van der Waals surface area contributed by atoms with Crippen LogP contribution < -0.4 is 49.1 Å². The highest BCUT2D eigenvalue weighted by Gasteiger charge is 2.36. The largest absolute Gasteiger partial charge is 0.481 e. The number of carboxylic acid groups (broad SMARTS) is 2. The Bertz CT molecular complexity index is 1300. The topological polar surface area (TPSA) is 385 Å². The molecule has 0 fully saturated rings. The molecule has 8 unspecified atom stereocenters. The van der Waals surface area contributed by atoms with Crippen LogP contribution in [-0.4, -0.2) is 141 Å². The van der Waals surface area contributed by atoms with Gasteiger partial charge >= 0.3 is 11.9 Å². The Hall–Kier alpha value is -4.58. The molecule has 0 saturated carbocycles. The maximum atomic E-state index is 13.4. The van der Waals surface area contributed by atoms with E-state index in [9.17, 15) is 58.5 Å². The van der Waals surface area contributed by atoms with E-state index in [-0.39, 0.29) is 18.7 Å². The second-order valence-corrected chi connectivity index (χ2v) is 12.8. The molecule has 0 aliphatic rings. The number of nitrogens with two attached hydrogens (primary N) is 3. The number of hydrogen-bond acceptors (Lipinski definition) is 14.